The molecule has 1 aliphatic rings. The van der Waals surface area contributed by atoms with Crippen LogP contribution in [0.4, 0.5) is 0 Å². The zero-order valence-electron chi connectivity index (χ0n) is 13.0. The van der Waals surface area contributed by atoms with Gasteiger partial charge < -0.3 is 10.4 Å². The molecule has 1 fully saturated rings. The molecule has 0 aliphatic carbocycles. The normalized spacial score (nSPS) is 20.1. The first-order chi connectivity index (χ1) is 11.4. The molecule has 1 aromatic heterocycles. The number of carbonyl (C=O) groups excluding carboxylic acids is 1. The fourth-order valence-corrected chi connectivity index (χ4v) is 4.21. The maximum Gasteiger partial charge on any atom is 0.330 e. The lowest BCUT2D eigenvalue weighted by Crippen LogP contribution is -2.54. The van der Waals surface area contributed by atoms with Gasteiger partial charge in [-0.2, -0.15) is 16.9 Å². The zero-order chi connectivity index (χ0) is 17.3. The van der Waals surface area contributed by atoms with Crippen LogP contribution in [0, 0.1) is 6.92 Å². The Balaban J connectivity index is 1.90. The molecule has 2 aromatic rings. The number of carboxylic acids is 1. The minimum Gasteiger partial charge on any atom is -0.479 e. The lowest BCUT2D eigenvalue weighted by atomic mass is 9.98. The number of aromatic nitrogens is 2. The van der Waals surface area contributed by atoms with E-state index in [0.717, 1.165) is 0 Å². The highest BCUT2D eigenvalue weighted by atomic mass is 35.5. The molecule has 24 heavy (non-hydrogen) atoms. The number of para-hydroxylation sites is 1. The molecule has 0 saturated carbocycles. The van der Waals surface area contributed by atoms with Crippen molar-refractivity contribution in [1.82, 2.24) is 15.1 Å². The summed E-state index contributed by atoms with van der Waals surface area (Å²) in [5, 5.41) is 16.9. The number of rotatable bonds is 4. The third-order valence-electron chi connectivity index (χ3n) is 4.12. The quantitative estimate of drug-likeness (QED) is 0.869. The molecular weight excluding hydrogens is 350 g/mol. The monoisotopic (exact) mass is 365 g/mol. The van der Waals surface area contributed by atoms with E-state index in [-0.39, 0.29) is 0 Å². The maximum atomic E-state index is 12.6. The molecule has 1 amide bonds. The van der Waals surface area contributed by atoms with Crippen molar-refractivity contribution in [3.8, 4) is 5.69 Å². The first kappa shape index (κ1) is 16.9. The highest BCUT2D eigenvalue weighted by Gasteiger charge is 2.43. The maximum absolute atomic E-state index is 12.6. The second kappa shape index (κ2) is 6.49. The summed E-state index contributed by atoms with van der Waals surface area (Å²) in [5.74, 6) is -0.358. The Morgan fingerprint density at radius 1 is 1.42 bits per heavy atom. The van der Waals surface area contributed by atoms with Crippen LogP contribution in [-0.4, -0.2) is 43.8 Å². The predicted octanol–water partition coefficient (Wildman–Crippen LogP) is 2.52. The first-order valence-corrected chi connectivity index (χ1v) is 8.91. The summed E-state index contributed by atoms with van der Waals surface area (Å²) in [6.07, 6.45) is 1.85. The van der Waals surface area contributed by atoms with E-state index in [9.17, 15) is 14.7 Å². The van der Waals surface area contributed by atoms with Crippen LogP contribution in [0.25, 0.3) is 5.69 Å². The van der Waals surface area contributed by atoms with Gasteiger partial charge in [0.1, 0.15) is 5.54 Å². The summed E-state index contributed by atoms with van der Waals surface area (Å²) in [5.41, 5.74) is 0.403. The second-order valence-corrected chi connectivity index (χ2v) is 7.16. The summed E-state index contributed by atoms with van der Waals surface area (Å²) >= 11 is 7.70. The van der Waals surface area contributed by atoms with Crippen LogP contribution >= 0.6 is 23.4 Å². The number of halogens is 1. The fraction of sp³-hybridized carbons (Fsp3) is 0.312. The van der Waals surface area contributed by atoms with Gasteiger partial charge in [-0.15, -0.1) is 0 Å². The Morgan fingerprint density at radius 3 is 2.79 bits per heavy atom. The number of aliphatic carboxylic acids is 1. The molecule has 126 valence electrons. The molecule has 6 nitrogen and oxygen atoms in total. The Labute approximate surface area is 148 Å². The molecule has 8 heteroatoms. The van der Waals surface area contributed by atoms with Gasteiger partial charge in [0.05, 0.1) is 28.2 Å². The van der Waals surface area contributed by atoms with Gasteiger partial charge in [-0.05, 0) is 31.2 Å². The van der Waals surface area contributed by atoms with Gasteiger partial charge >= 0.3 is 5.97 Å². The third-order valence-corrected chi connectivity index (χ3v) is 5.63. The third kappa shape index (κ3) is 2.89. The number of hydrogen-bond acceptors (Lipinski definition) is 4. The van der Waals surface area contributed by atoms with E-state index >= 15 is 0 Å². The summed E-state index contributed by atoms with van der Waals surface area (Å²) < 4.78 is 1.58. The van der Waals surface area contributed by atoms with Crippen molar-refractivity contribution in [2.24, 2.45) is 0 Å². The van der Waals surface area contributed by atoms with E-state index in [2.05, 4.69) is 10.4 Å². The Kier molecular flexibility index (Phi) is 4.56. The van der Waals surface area contributed by atoms with E-state index in [0.29, 0.717) is 39.9 Å². The summed E-state index contributed by atoms with van der Waals surface area (Å²) in [4.78, 5) is 24.2. The van der Waals surface area contributed by atoms with Crippen molar-refractivity contribution in [1.29, 1.82) is 0 Å². The predicted molar refractivity (Wildman–Crippen MR) is 93.1 cm³/mol. The van der Waals surface area contributed by atoms with Crippen molar-refractivity contribution in [2.75, 3.05) is 11.5 Å². The number of thioether (sulfide) groups is 1. The van der Waals surface area contributed by atoms with E-state index in [1.54, 1.807) is 23.7 Å². The van der Waals surface area contributed by atoms with Crippen LogP contribution < -0.4 is 5.32 Å². The van der Waals surface area contributed by atoms with Crippen LogP contribution in [0.15, 0.2) is 30.5 Å². The lowest BCUT2D eigenvalue weighted by molar-refractivity contribution is -0.143. The van der Waals surface area contributed by atoms with Gasteiger partial charge in [-0.25, -0.2) is 9.48 Å². The smallest absolute Gasteiger partial charge is 0.330 e. The molecule has 1 unspecified atom stereocenters. The average molecular weight is 366 g/mol. The molecule has 0 radical (unpaired) electrons. The molecule has 0 bridgehead atoms. The fourth-order valence-electron chi connectivity index (χ4n) is 2.67. The minimum atomic E-state index is -1.21. The molecule has 1 aliphatic heterocycles. The number of nitrogens with one attached hydrogen (secondary N) is 1. The molecule has 2 heterocycles. The van der Waals surface area contributed by atoms with Gasteiger partial charge in [0.25, 0.3) is 5.91 Å². The summed E-state index contributed by atoms with van der Waals surface area (Å²) in [6, 6.07) is 7.19. The van der Waals surface area contributed by atoms with E-state index in [4.69, 9.17) is 11.6 Å². The van der Waals surface area contributed by atoms with Crippen molar-refractivity contribution in [3.05, 3.63) is 46.7 Å². The lowest BCUT2D eigenvalue weighted by Gasteiger charge is -2.24. The van der Waals surface area contributed by atoms with Crippen molar-refractivity contribution >= 4 is 35.2 Å². The largest absolute Gasteiger partial charge is 0.479 e. The number of hydrogen-bond donors (Lipinski definition) is 2. The molecule has 1 aromatic carbocycles. The van der Waals surface area contributed by atoms with Gasteiger partial charge in [-0.3, -0.25) is 4.79 Å². The van der Waals surface area contributed by atoms with E-state index in [1.165, 1.54) is 18.0 Å². The topological polar surface area (TPSA) is 84.2 Å². The number of amides is 1. The van der Waals surface area contributed by atoms with Crippen LogP contribution in [0.2, 0.25) is 5.02 Å². The Morgan fingerprint density at radius 2 is 2.17 bits per heavy atom. The Bertz CT molecular complexity index is 800. The summed E-state index contributed by atoms with van der Waals surface area (Å²) in [6.45, 7) is 1.75. The number of carbonyl (C=O) groups is 2. The van der Waals surface area contributed by atoms with Gasteiger partial charge in [0.15, 0.2) is 0 Å². The van der Waals surface area contributed by atoms with Crippen molar-refractivity contribution < 1.29 is 14.7 Å². The number of carboxylic acid groups (broad SMARTS) is 1. The molecule has 1 atom stereocenters. The molecule has 0 spiro atoms. The van der Waals surface area contributed by atoms with Gasteiger partial charge in [0, 0.05) is 5.75 Å². The zero-order valence-corrected chi connectivity index (χ0v) is 14.5. The van der Waals surface area contributed by atoms with Crippen molar-refractivity contribution in [3.63, 3.8) is 0 Å². The van der Waals surface area contributed by atoms with Gasteiger partial charge in [0.2, 0.25) is 0 Å². The average Bonchev–Trinajstić information content (AvgIpc) is 3.16. The summed E-state index contributed by atoms with van der Waals surface area (Å²) in [7, 11) is 0. The van der Waals surface area contributed by atoms with Crippen LogP contribution in [0.5, 0.6) is 0 Å². The standard InChI is InChI=1S/C16H16ClN3O3S/c1-10-11(8-18-20(10)13-5-3-2-4-12(13)17)14(21)19-16(15(22)23)6-7-24-9-16/h2-5,8H,6-7,9H2,1H3,(H,19,21)(H,22,23). The molecule has 1 saturated heterocycles. The van der Waals surface area contributed by atoms with Gasteiger partial charge in [-0.1, -0.05) is 23.7 Å². The number of nitrogens with zero attached hydrogens (tertiary/aromatic N) is 2. The second-order valence-electron chi connectivity index (χ2n) is 5.65. The van der Waals surface area contributed by atoms with E-state index in [1.807, 2.05) is 12.1 Å². The van der Waals surface area contributed by atoms with E-state index < -0.39 is 17.4 Å². The van der Waals surface area contributed by atoms with Crippen LogP contribution in [0.3, 0.4) is 0 Å². The SMILES string of the molecule is Cc1c(C(=O)NC2(C(=O)O)CCSC2)cnn1-c1ccccc1Cl. The minimum absolute atomic E-state index is 0.340. The molecule has 3 rings (SSSR count). The number of benzene rings is 1. The highest BCUT2D eigenvalue weighted by Crippen LogP contribution is 2.29. The highest BCUT2D eigenvalue weighted by molar-refractivity contribution is 7.99. The van der Waals surface area contributed by atoms with Crippen LogP contribution in [0.1, 0.15) is 22.5 Å². The first-order valence-electron chi connectivity index (χ1n) is 7.38. The molecule has 2 N–H and O–H groups in total. The van der Waals surface area contributed by atoms with Crippen molar-refractivity contribution in [2.45, 2.75) is 18.9 Å². The van der Waals surface area contributed by atoms with Crippen LogP contribution in [-0.2, 0) is 4.79 Å². The molecular formula is C16H16ClN3O3S. The Hall–Kier alpha value is -1.99.